The molecule has 0 unspecified atom stereocenters. The molecule has 0 aromatic heterocycles. The molecule has 0 radical (unpaired) electrons. The molecule has 2 rings (SSSR count). The number of hydrogen-bond donors (Lipinski definition) is 2. The van der Waals surface area contributed by atoms with Crippen LogP contribution in [0.1, 0.15) is 17.5 Å². The van der Waals surface area contributed by atoms with Crippen LogP contribution in [0.2, 0.25) is 0 Å². The summed E-state index contributed by atoms with van der Waals surface area (Å²) in [5, 5.41) is 5.38. The minimum absolute atomic E-state index is 0.198. The van der Waals surface area contributed by atoms with Crippen LogP contribution in [0, 0.1) is 5.82 Å². The summed E-state index contributed by atoms with van der Waals surface area (Å²) in [5.41, 5.74) is 1.91. The Morgan fingerprint density at radius 2 is 1.48 bits per heavy atom. The zero-order valence-electron chi connectivity index (χ0n) is 12.7. The number of halogens is 1. The van der Waals surface area contributed by atoms with Crippen molar-refractivity contribution in [3.63, 3.8) is 0 Å². The molecule has 0 heterocycles. The van der Waals surface area contributed by atoms with Crippen LogP contribution in [0.25, 0.3) is 0 Å². The molecule has 120 valence electrons. The monoisotopic (exact) mass is 314 g/mol. The van der Waals surface area contributed by atoms with Gasteiger partial charge in [-0.3, -0.25) is 9.59 Å². The SMILES string of the molecule is O=C(CC(=O)NCc1ccccc1)NCCc1ccc(F)cc1. The topological polar surface area (TPSA) is 58.2 Å². The van der Waals surface area contributed by atoms with Crippen molar-refractivity contribution in [2.45, 2.75) is 19.4 Å². The summed E-state index contributed by atoms with van der Waals surface area (Å²) in [6.07, 6.45) is 0.397. The van der Waals surface area contributed by atoms with E-state index in [4.69, 9.17) is 0 Å². The van der Waals surface area contributed by atoms with Crippen molar-refractivity contribution < 1.29 is 14.0 Å². The molecule has 0 aliphatic carbocycles. The smallest absolute Gasteiger partial charge is 0.229 e. The zero-order valence-corrected chi connectivity index (χ0v) is 12.7. The lowest BCUT2D eigenvalue weighted by atomic mass is 10.1. The van der Waals surface area contributed by atoms with Gasteiger partial charge in [0.25, 0.3) is 0 Å². The van der Waals surface area contributed by atoms with Crippen molar-refractivity contribution in [2.24, 2.45) is 0 Å². The first-order chi connectivity index (χ1) is 11.1. The minimum Gasteiger partial charge on any atom is -0.355 e. The van der Waals surface area contributed by atoms with Crippen molar-refractivity contribution in [1.29, 1.82) is 0 Å². The molecule has 2 N–H and O–H groups in total. The molecule has 0 saturated heterocycles. The number of hydrogen-bond acceptors (Lipinski definition) is 2. The molecule has 2 aromatic carbocycles. The Hall–Kier alpha value is -2.69. The number of amides is 2. The predicted octanol–water partition coefficient (Wildman–Crippen LogP) is 2.19. The van der Waals surface area contributed by atoms with E-state index >= 15 is 0 Å². The second kappa shape index (κ2) is 8.68. The molecule has 0 spiro atoms. The van der Waals surface area contributed by atoms with Gasteiger partial charge in [-0.25, -0.2) is 4.39 Å². The third kappa shape index (κ3) is 6.30. The average molecular weight is 314 g/mol. The number of benzene rings is 2. The van der Waals surface area contributed by atoms with Crippen molar-refractivity contribution in [2.75, 3.05) is 6.54 Å². The van der Waals surface area contributed by atoms with E-state index in [9.17, 15) is 14.0 Å². The average Bonchev–Trinajstić information content (AvgIpc) is 2.56. The van der Waals surface area contributed by atoms with Crippen molar-refractivity contribution in [1.82, 2.24) is 10.6 Å². The molecule has 5 heteroatoms. The molecular formula is C18H19FN2O2. The predicted molar refractivity (Wildman–Crippen MR) is 86.0 cm³/mol. The van der Waals surface area contributed by atoms with Crippen LogP contribution >= 0.6 is 0 Å². The largest absolute Gasteiger partial charge is 0.355 e. The van der Waals surface area contributed by atoms with E-state index in [0.29, 0.717) is 19.5 Å². The molecule has 0 fully saturated rings. The van der Waals surface area contributed by atoms with Crippen molar-refractivity contribution in [3.8, 4) is 0 Å². The fraction of sp³-hybridized carbons (Fsp3) is 0.222. The number of carbonyl (C=O) groups is 2. The Kier molecular flexibility index (Phi) is 6.29. The maximum Gasteiger partial charge on any atom is 0.229 e. The van der Waals surface area contributed by atoms with Gasteiger partial charge >= 0.3 is 0 Å². The molecule has 0 aliphatic heterocycles. The molecule has 0 aliphatic rings. The highest BCUT2D eigenvalue weighted by molar-refractivity contribution is 5.96. The summed E-state index contributed by atoms with van der Waals surface area (Å²) < 4.78 is 12.8. The van der Waals surface area contributed by atoms with Crippen LogP contribution in [0.15, 0.2) is 54.6 Å². The standard InChI is InChI=1S/C18H19FN2O2/c19-16-8-6-14(7-9-16)10-11-20-17(22)12-18(23)21-13-15-4-2-1-3-5-15/h1-9H,10-13H2,(H,20,22)(H,21,23). The number of rotatable bonds is 7. The lowest BCUT2D eigenvalue weighted by Crippen LogP contribution is -2.32. The van der Waals surface area contributed by atoms with Gasteiger partial charge in [-0.15, -0.1) is 0 Å². The molecule has 23 heavy (non-hydrogen) atoms. The summed E-state index contributed by atoms with van der Waals surface area (Å²) >= 11 is 0. The first-order valence-electron chi connectivity index (χ1n) is 7.45. The lowest BCUT2D eigenvalue weighted by Gasteiger charge is -2.07. The maximum atomic E-state index is 12.8. The maximum absolute atomic E-state index is 12.8. The van der Waals surface area contributed by atoms with Gasteiger partial charge in [0, 0.05) is 13.1 Å². The van der Waals surface area contributed by atoms with E-state index in [1.54, 1.807) is 12.1 Å². The first-order valence-corrected chi connectivity index (χ1v) is 7.45. The fourth-order valence-corrected chi connectivity index (χ4v) is 2.06. The van der Waals surface area contributed by atoms with Crippen LogP contribution in [-0.4, -0.2) is 18.4 Å². The number of nitrogens with one attached hydrogen (secondary N) is 2. The van der Waals surface area contributed by atoms with E-state index in [-0.39, 0.29) is 24.1 Å². The van der Waals surface area contributed by atoms with E-state index in [0.717, 1.165) is 11.1 Å². The molecule has 2 amide bonds. The molecule has 0 bridgehead atoms. The second-order valence-electron chi connectivity index (χ2n) is 5.17. The third-order valence-corrected chi connectivity index (χ3v) is 3.30. The fourth-order valence-electron chi connectivity index (χ4n) is 2.06. The molecule has 2 aromatic rings. The van der Waals surface area contributed by atoms with Crippen molar-refractivity contribution >= 4 is 11.8 Å². The van der Waals surface area contributed by atoms with Gasteiger partial charge in [0.15, 0.2) is 0 Å². The second-order valence-corrected chi connectivity index (χ2v) is 5.17. The Bertz CT molecular complexity index is 642. The van der Waals surface area contributed by atoms with E-state index in [1.807, 2.05) is 30.3 Å². The Labute approximate surface area is 134 Å². The van der Waals surface area contributed by atoms with Crippen LogP contribution < -0.4 is 10.6 Å². The normalized spacial score (nSPS) is 10.1. The highest BCUT2D eigenvalue weighted by atomic mass is 19.1. The van der Waals surface area contributed by atoms with E-state index in [1.165, 1.54) is 12.1 Å². The van der Waals surface area contributed by atoms with Crippen LogP contribution in [0.4, 0.5) is 4.39 Å². The Morgan fingerprint density at radius 1 is 0.826 bits per heavy atom. The summed E-state index contributed by atoms with van der Waals surface area (Å²) in [5.74, 6) is -0.918. The van der Waals surface area contributed by atoms with Crippen LogP contribution in [-0.2, 0) is 22.6 Å². The molecule has 4 nitrogen and oxygen atoms in total. The molecule has 0 atom stereocenters. The first kappa shape index (κ1) is 16.7. The highest BCUT2D eigenvalue weighted by Gasteiger charge is 2.08. The van der Waals surface area contributed by atoms with Gasteiger partial charge < -0.3 is 10.6 Å². The van der Waals surface area contributed by atoms with Gasteiger partial charge in [-0.2, -0.15) is 0 Å². The molecular weight excluding hydrogens is 295 g/mol. The van der Waals surface area contributed by atoms with E-state index in [2.05, 4.69) is 10.6 Å². The number of carbonyl (C=O) groups excluding carboxylic acids is 2. The van der Waals surface area contributed by atoms with Gasteiger partial charge in [-0.1, -0.05) is 42.5 Å². The summed E-state index contributed by atoms with van der Waals surface area (Å²) in [6.45, 7) is 0.818. The zero-order chi connectivity index (χ0) is 16.5. The van der Waals surface area contributed by atoms with Crippen LogP contribution in [0.5, 0.6) is 0 Å². The van der Waals surface area contributed by atoms with E-state index < -0.39 is 0 Å². The van der Waals surface area contributed by atoms with Gasteiger partial charge in [-0.05, 0) is 29.7 Å². The minimum atomic E-state index is -0.322. The molecule has 0 saturated carbocycles. The van der Waals surface area contributed by atoms with Crippen LogP contribution in [0.3, 0.4) is 0 Å². The van der Waals surface area contributed by atoms with Gasteiger partial charge in [0.1, 0.15) is 12.2 Å². The summed E-state index contributed by atoms with van der Waals surface area (Å²) in [6, 6.07) is 15.6. The quantitative estimate of drug-likeness (QED) is 0.770. The summed E-state index contributed by atoms with van der Waals surface area (Å²) in [7, 11) is 0. The highest BCUT2D eigenvalue weighted by Crippen LogP contribution is 2.02. The Morgan fingerprint density at radius 3 is 2.17 bits per heavy atom. The van der Waals surface area contributed by atoms with Gasteiger partial charge in [0.05, 0.1) is 0 Å². The van der Waals surface area contributed by atoms with Crippen molar-refractivity contribution in [3.05, 3.63) is 71.5 Å². The summed E-state index contributed by atoms with van der Waals surface area (Å²) in [4.78, 5) is 23.4. The lowest BCUT2D eigenvalue weighted by molar-refractivity contribution is -0.129. The Balaban J connectivity index is 1.64. The third-order valence-electron chi connectivity index (χ3n) is 3.30. The van der Waals surface area contributed by atoms with Gasteiger partial charge in [0.2, 0.25) is 11.8 Å².